The standard InChI is InChI=1S/C15H10ClN3OS/c1-20-10-2-4-12-13(7-10)19-15(18-12)9(8-17)6-11-3-5-14(16)21-11/h2-7H,1H3,(H,18,19)/b9-6+. The van der Waals surface area contributed by atoms with Gasteiger partial charge in [-0.05, 0) is 30.3 Å². The number of fused-ring (bicyclic) bond motifs is 1. The number of benzene rings is 1. The van der Waals surface area contributed by atoms with Crippen LogP contribution in [0.1, 0.15) is 10.7 Å². The maximum absolute atomic E-state index is 9.34. The number of nitrogens with one attached hydrogen (secondary N) is 1. The molecule has 0 atom stereocenters. The van der Waals surface area contributed by atoms with Crippen molar-refractivity contribution in [3.8, 4) is 11.8 Å². The van der Waals surface area contributed by atoms with E-state index >= 15 is 0 Å². The molecule has 0 fully saturated rings. The summed E-state index contributed by atoms with van der Waals surface area (Å²) in [7, 11) is 1.61. The Morgan fingerprint density at radius 2 is 2.29 bits per heavy atom. The molecule has 0 unspecified atom stereocenters. The highest BCUT2D eigenvalue weighted by Crippen LogP contribution is 2.26. The van der Waals surface area contributed by atoms with Gasteiger partial charge in [0.1, 0.15) is 17.6 Å². The Balaban J connectivity index is 2.05. The monoisotopic (exact) mass is 315 g/mol. The molecule has 1 N–H and O–H groups in total. The van der Waals surface area contributed by atoms with Crippen LogP contribution in [0.2, 0.25) is 4.34 Å². The van der Waals surface area contributed by atoms with E-state index in [9.17, 15) is 5.26 Å². The highest BCUT2D eigenvalue weighted by atomic mass is 35.5. The van der Waals surface area contributed by atoms with Crippen molar-refractivity contribution in [3.63, 3.8) is 0 Å². The van der Waals surface area contributed by atoms with Gasteiger partial charge >= 0.3 is 0 Å². The Labute approximate surface area is 130 Å². The van der Waals surface area contributed by atoms with Crippen LogP contribution in [0.25, 0.3) is 22.7 Å². The second-order valence-electron chi connectivity index (χ2n) is 4.28. The van der Waals surface area contributed by atoms with Gasteiger partial charge in [0, 0.05) is 10.9 Å². The van der Waals surface area contributed by atoms with Crippen LogP contribution in [-0.2, 0) is 0 Å². The van der Waals surface area contributed by atoms with Gasteiger partial charge in [0.2, 0.25) is 0 Å². The number of thiophene rings is 1. The number of hydrogen-bond donors (Lipinski definition) is 1. The van der Waals surface area contributed by atoms with Gasteiger partial charge in [-0.25, -0.2) is 4.98 Å². The van der Waals surface area contributed by atoms with Crippen molar-refractivity contribution in [3.05, 3.63) is 45.4 Å². The molecule has 3 aromatic rings. The third-order valence-corrected chi connectivity index (χ3v) is 4.12. The fourth-order valence-electron chi connectivity index (χ4n) is 1.94. The fraction of sp³-hybridized carbons (Fsp3) is 0.0667. The lowest BCUT2D eigenvalue weighted by molar-refractivity contribution is 0.415. The second-order valence-corrected chi connectivity index (χ2v) is 6.03. The van der Waals surface area contributed by atoms with Gasteiger partial charge in [-0.3, -0.25) is 0 Å². The van der Waals surface area contributed by atoms with Crippen LogP contribution in [0.4, 0.5) is 0 Å². The first-order chi connectivity index (χ1) is 10.2. The summed E-state index contributed by atoms with van der Waals surface area (Å²) >= 11 is 7.32. The molecule has 0 aliphatic rings. The summed E-state index contributed by atoms with van der Waals surface area (Å²) in [5.74, 6) is 1.27. The quantitative estimate of drug-likeness (QED) is 0.731. The molecular formula is C15H10ClN3OS. The van der Waals surface area contributed by atoms with Crippen molar-refractivity contribution >= 4 is 45.6 Å². The predicted octanol–water partition coefficient (Wildman–Crippen LogP) is 4.35. The number of nitriles is 1. The van der Waals surface area contributed by atoms with E-state index in [0.717, 1.165) is 21.7 Å². The number of ether oxygens (including phenoxy) is 1. The molecule has 0 spiro atoms. The molecule has 0 saturated carbocycles. The van der Waals surface area contributed by atoms with Crippen molar-refractivity contribution in [1.82, 2.24) is 9.97 Å². The summed E-state index contributed by atoms with van der Waals surface area (Å²) in [6.07, 6.45) is 1.77. The van der Waals surface area contributed by atoms with Gasteiger partial charge < -0.3 is 9.72 Å². The Bertz CT molecular complexity index is 873. The predicted molar refractivity (Wildman–Crippen MR) is 85.5 cm³/mol. The number of imidazole rings is 1. The molecule has 21 heavy (non-hydrogen) atoms. The van der Waals surface area contributed by atoms with Gasteiger partial charge in [-0.15, -0.1) is 11.3 Å². The van der Waals surface area contributed by atoms with E-state index in [0.29, 0.717) is 15.7 Å². The lowest BCUT2D eigenvalue weighted by atomic mass is 10.2. The van der Waals surface area contributed by atoms with Crippen LogP contribution in [0.3, 0.4) is 0 Å². The lowest BCUT2D eigenvalue weighted by Crippen LogP contribution is -1.83. The summed E-state index contributed by atoms with van der Waals surface area (Å²) in [5.41, 5.74) is 2.08. The number of allylic oxidation sites excluding steroid dienone is 1. The first kappa shape index (κ1) is 13.7. The molecule has 2 heterocycles. The molecule has 3 rings (SSSR count). The smallest absolute Gasteiger partial charge is 0.149 e. The van der Waals surface area contributed by atoms with Crippen LogP contribution in [0.5, 0.6) is 5.75 Å². The minimum Gasteiger partial charge on any atom is -0.497 e. The first-order valence-electron chi connectivity index (χ1n) is 6.11. The van der Waals surface area contributed by atoms with Crippen LogP contribution < -0.4 is 4.74 Å². The topological polar surface area (TPSA) is 61.7 Å². The van der Waals surface area contributed by atoms with Gasteiger partial charge in [-0.1, -0.05) is 11.6 Å². The molecule has 0 saturated heterocycles. The lowest BCUT2D eigenvalue weighted by Gasteiger charge is -1.96. The summed E-state index contributed by atoms with van der Waals surface area (Å²) in [4.78, 5) is 8.48. The molecule has 0 aliphatic carbocycles. The van der Waals surface area contributed by atoms with Crippen LogP contribution in [-0.4, -0.2) is 17.1 Å². The van der Waals surface area contributed by atoms with E-state index in [-0.39, 0.29) is 0 Å². The second kappa shape index (κ2) is 5.60. The number of aromatic amines is 1. The van der Waals surface area contributed by atoms with Crippen molar-refractivity contribution in [1.29, 1.82) is 5.26 Å². The number of halogens is 1. The summed E-state index contributed by atoms with van der Waals surface area (Å²) in [5, 5.41) is 9.34. The Morgan fingerprint density at radius 1 is 1.43 bits per heavy atom. The Morgan fingerprint density at radius 3 is 2.95 bits per heavy atom. The third-order valence-electron chi connectivity index (χ3n) is 2.95. The number of rotatable bonds is 3. The van der Waals surface area contributed by atoms with E-state index in [4.69, 9.17) is 16.3 Å². The normalized spacial score (nSPS) is 11.6. The van der Waals surface area contributed by atoms with E-state index in [1.54, 1.807) is 19.3 Å². The highest BCUT2D eigenvalue weighted by Gasteiger charge is 2.09. The maximum Gasteiger partial charge on any atom is 0.149 e. The minimum atomic E-state index is 0.462. The molecule has 4 nitrogen and oxygen atoms in total. The minimum absolute atomic E-state index is 0.462. The molecule has 6 heteroatoms. The molecule has 0 bridgehead atoms. The number of hydrogen-bond acceptors (Lipinski definition) is 4. The number of aromatic nitrogens is 2. The van der Waals surface area contributed by atoms with E-state index in [2.05, 4.69) is 16.0 Å². The molecular weight excluding hydrogens is 306 g/mol. The summed E-state index contributed by atoms with van der Waals surface area (Å²) in [6.45, 7) is 0. The van der Waals surface area contributed by atoms with Crippen LogP contribution in [0, 0.1) is 11.3 Å². The third kappa shape index (κ3) is 2.77. The van der Waals surface area contributed by atoms with E-state index in [1.807, 2.05) is 24.3 Å². The summed E-state index contributed by atoms with van der Waals surface area (Å²) < 4.78 is 5.86. The first-order valence-corrected chi connectivity index (χ1v) is 7.30. The number of H-pyrrole nitrogens is 1. The van der Waals surface area contributed by atoms with Gasteiger partial charge in [0.05, 0.1) is 28.1 Å². The molecule has 1 aromatic carbocycles. The van der Waals surface area contributed by atoms with E-state index in [1.165, 1.54) is 11.3 Å². The largest absolute Gasteiger partial charge is 0.497 e. The Hall–Kier alpha value is -2.29. The highest BCUT2D eigenvalue weighted by molar-refractivity contribution is 7.17. The van der Waals surface area contributed by atoms with E-state index < -0.39 is 0 Å². The average molecular weight is 316 g/mol. The van der Waals surface area contributed by atoms with Crippen molar-refractivity contribution in [2.45, 2.75) is 0 Å². The molecule has 104 valence electrons. The zero-order valence-corrected chi connectivity index (χ0v) is 12.6. The fourth-order valence-corrected chi connectivity index (χ4v) is 2.95. The summed E-state index contributed by atoms with van der Waals surface area (Å²) in [6, 6.07) is 11.4. The number of nitrogens with zero attached hydrogens (tertiary/aromatic N) is 2. The molecule has 0 radical (unpaired) electrons. The van der Waals surface area contributed by atoms with Gasteiger partial charge in [0.15, 0.2) is 0 Å². The maximum atomic E-state index is 9.34. The van der Waals surface area contributed by atoms with Crippen molar-refractivity contribution in [2.24, 2.45) is 0 Å². The van der Waals surface area contributed by atoms with Crippen molar-refractivity contribution < 1.29 is 4.74 Å². The van der Waals surface area contributed by atoms with Crippen molar-refractivity contribution in [2.75, 3.05) is 7.11 Å². The van der Waals surface area contributed by atoms with Gasteiger partial charge in [-0.2, -0.15) is 5.26 Å². The average Bonchev–Trinajstić information content (AvgIpc) is 3.09. The van der Waals surface area contributed by atoms with Crippen LogP contribution in [0.15, 0.2) is 30.3 Å². The molecule has 2 aromatic heterocycles. The molecule has 0 amide bonds. The zero-order chi connectivity index (χ0) is 14.8. The zero-order valence-electron chi connectivity index (χ0n) is 11.1. The SMILES string of the molecule is COc1ccc2nc(/C(C#N)=C/c3ccc(Cl)s3)[nH]c2c1. The molecule has 0 aliphatic heterocycles. The van der Waals surface area contributed by atoms with Crippen LogP contribution >= 0.6 is 22.9 Å². The Kier molecular flexibility index (Phi) is 3.65. The van der Waals surface area contributed by atoms with Gasteiger partial charge in [0.25, 0.3) is 0 Å². The number of methoxy groups -OCH3 is 1.